The molecule has 0 saturated carbocycles. The number of imidazole rings is 1. The van der Waals surface area contributed by atoms with Crippen LogP contribution in [0.25, 0.3) is 0 Å². The van der Waals surface area contributed by atoms with E-state index in [1.807, 2.05) is 43.3 Å². The summed E-state index contributed by atoms with van der Waals surface area (Å²) in [5.74, 6) is 0.976. The van der Waals surface area contributed by atoms with E-state index in [9.17, 15) is 4.79 Å². The Hall–Kier alpha value is -4.20. The van der Waals surface area contributed by atoms with Crippen LogP contribution in [0.1, 0.15) is 21.6 Å². The third-order valence-electron chi connectivity index (χ3n) is 4.56. The van der Waals surface area contributed by atoms with Crippen LogP contribution < -0.4 is 16.0 Å². The van der Waals surface area contributed by atoms with Crippen molar-refractivity contribution in [3.05, 3.63) is 90.1 Å². The van der Waals surface area contributed by atoms with Crippen molar-refractivity contribution in [3.8, 4) is 0 Å². The number of nitrogens with zero attached hydrogens (tertiary/aromatic N) is 3. The summed E-state index contributed by atoms with van der Waals surface area (Å²) in [6, 6.07) is 17.1. The van der Waals surface area contributed by atoms with Gasteiger partial charge in [0.05, 0.1) is 6.33 Å². The summed E-state index contributed by atoms with van der Waals surface area (Å²) >= 11 is 0. The number of carbonyl (C=O) groups is 1. The van der Waals surface area contributed by atoms with E-state index in [-0.39, 0.29) is 5.91 Å². The minimum Gasteiger partial charge on any atom is -0.352 e. The summed E-state index contributed by atoms with van der Waals surface area (Å²) in [5, 5.41) is 9.35. The summed E-state index contributed by atoms with van der Waals surface area (Å²) in [7, 11) is 0. The average molecular weight is 413 g/mol. The first-order valence-electron chi connectivity index (χ1n) is 9.95. The molecule has 0 aliphatic rings. The molecule has 156 valence electrons. The molecule has 8 heteroatoms. The van der Waals surface area contributed by atoms with Crippen molar-refractivity contribution in [1.82, 2.24) is 25.3 Å². The van der Waals surface area contributed by atoms with Gasteiger partial charge < -0.3 is 20.9 Å². The molecule has 4 N–H and O–H groups in total. The molecular formula is C23H23N7O. The van der Waals surface area contributed by atoms with Crippen LogP contribution >= 0.6 is 0 Å². The lowest BCUT2D eigenvalue weighted by atomic mass is 10.2. The predicted molar refractivity (Wildman–Crippen MR) is 121 cm³/mol. The summed E-state index contributed by atoms with van der Waals surface area (Å²) in [6.45, 7) is 2.56. The van der Waals surface area contributed by atoms with Gasteiger partial charge in [-0.15, -0.1) is 0 Å². The van der Waals surface area contributed by atoms with Crippen LogP contribution in [0.15, 0.2) is 73.3 Å². The molecular weight excluding hydrogens is 390 g/mol. The van der Waals surface area contributed by atoms with Gasteiger partial charge >= 0.3 is 0 Å². The molecule has 0 atom stereocenters. The number of carbonyl (C=O) groups excluding carboxylic acids is 1. The molecule has 0 spiro atoms. The Kier molecular flexibility index (Phi) is 6.18. The van der Waals surface area contributed by atoms with Crippen molar-refractivity contribution in [2.24, 2.45) is 0 Å². The van der Waals surface area contributed by atoms with Crippen LogP contribution in [0.2, 0.25) is 0 Å². The highest BCUT2D eigenvalue weighted by Crippen LogP contribution is 2.19. The summed E-state index contributed by atoms with van der Waals surface area (Å²) in [5.41, 5.74) is 4.39. The molecule has 0 saturated heterocycles. The Bertz CT molecular complexity index is 1160. The van der Waals surface area contributed by atoms with Crippen molar-refractivity contribution in [2.75, 3.05) is 17.2 Å². The zero-order valence-electron chi connectivity index (χ0n) is 17.1. The lowest BCUT2D eigenvalue weighted by Crippen LogP contribution is -2.25. The topological polar surface area (TPSA) is 108 Å². The van der Waals surface area contributed by atoms with Crippen LogP contribution in [-0.4, -0.2) is 32.4 Å². The van der Waals surface area contributed by atoms with E-state index in [1.165, 1.54) is 0 Å². The maximum atomic E-state index is 12.5. The Morgan fingerprint density at radius 1 is 1.03 bits per heavy atom. The zero-order chi connectivity index (χ0) is 21.5. The number of aromatic amines is 1. The smallest absolute Gasteiger partial charge is 0.251 e. The van der Waals surface area contributed by atoms with E-state index in [1.54, 1.807) is 36.9 Å². The second kappa shape index (κ2) is 9.53. The van der Waals surface area contributed by atoms with E-state index in [0.717, 1.165) is 22.6 Å². The van der Waals surface area contributed by atoms with Gasteiger partial charge in [-0.2, -0.15) is 4.98 Å². The lowest BCUT2D eigenvalue weighted by Gasteiger charge is -2.10. The van der Waals surface area contributed by atoms with Gasteiger partial charge in [0.1, 0.15) is 5.82 Å². The van der Waals surface area contributed by atoms with E-state index in [0.29, 0.717) is 30.3 Å². The van der Waals surface area contributed by atoms with Gasteiger partial charge in [0.2, 0.25) is 5.95 Å². The molecule has 0 unspecified atom stereocenters. The molecule has 4 aromatic rings. The SMILES string of the molecule is Cc1cccc(Nc2ccnc(Nc3cccc(C(=O)NCCc4cnc[nH]4)c3)n2)c1. The van der Waals surface area contributed by atoms with Gasteiger partial charge in [-0.1, -0.05) is 18.2 Å². The molecule has 1 amide bonds. The highest BCUT2D eigenvalue weighted by molar-refractivity contribution is 5.95. The minimum absolute atomic E-state index is 0.140. The minimum atomic E-state index is -0.140. The Balaban J connectivity index is 1.38. The van der Waals surface area contributed by atoms with E-state index in [4.69, 9.17) is 0 Å². The third kappa shape index (κ3) is 5.66. The number of nitrogens with one attached hydrogen (secondary N) is 4. The monoisotopic (exact) mass is 413 g/mol. The normalized spacial score (nSPS) is 10.5. The maximum Gasteiger partial charge on any atom is 0.251 e. The highest BCUT2D eigenvalue weighted by Gasteiger charge is 2.07. The molecule has 0 radical (unpaired) electrons. The maximum absolute atomic E-state index is 12.5. The van der Waals surface area contributed by atoms with Crippen LogP contribution in [0.4, 0.5) is 23.1 Å². The van der Waals surface area contributed by atoms with E-state index in [2.05, 4.69) is 35.9 Å². The number of hydrogen-bond acceptors (Lipinski definition) is 6. The number of benzene rings is 2. The van der Waals surface area contributed by atoms with Gasteiger partial charge in [0, 0.05) is 48.0 Å². The van der Waals surface area contributed by atoms with Gasteiger partial charge in [-0.05, 0) is 48.9 Å². The number of hydrogen-bond donors (Lipinski definition) is 4. The molecule has 2 aromatic carbocycles. The Morgan fingerprint density at radius 2 is 1.87 bits per heavy atom. The third-order valence-corrected chi connectivity index (χ3v) is 4.56. The molecule has 0 aliphatic carbocycles. The molecule has 0 fully saturated rings. The van der Waals surface area contributed by atoms with Crippen LogP contribution in [0, 0.1) is 6.92 Å². The molecule has 31 heavy (non-hydrogen) atoms. The standard InChI is InChI=1S/C23H23N7O/c1-16-4-2-6-18(12-16)28-21-9-11-26-23(30-21)29-19-7-3-5-17(13-19)22(31)25-10-8-20-14-24-15-27-20/h2-7,9,11-15H,8,10H2,1H3,(H,24,27)(H,25,31)(H2,26,28,29,30). The Morgan fingerprint density at radius 3 is 2.68 bits per heavy atom. The highest BCUT2D eigenvalue weighted by atomic mass is 16.1. The zero-order valence-corrected chi connectivity index (χ0v) is 17.1. The van der Waals surface area contributed by atoms with Gasteiger partial charge in [0.25, 0.3) is 5.91 Å². The number of H-pyrrole nitrogens is 1. The van der Waals surface area contributed by atoms with Crippen molar-refractivity contribution in [2.45, 2.75) is 13.3 Å². The van der Waals surface area contributed by atoms with E-state index >= 15 is 0 Å². The van der Waals surface area contributed by atoms with Crippen LogP contribution in [0.3, 0.4) is 0 Å². The second-order valence-corrected chi connectivity index (χ2v) is 7.05. The summed E-state index contributed by atoms with van der Waals surface area (Å²) in [4.78, 5) is 28.2. The summed E-state index contributed by atoms with van der Waals surface area (Å²) in [6.07, 6.45) is 5.75. The number of anilines is 4. The molecule has 0 bridgehead atoms. The van der Waals surface area contributed by atoms with Gasteiger partial charge in [-0.3, -0.25) is 4.79 Å². The number of aryl methyl sites for hydroxylation is 1. The van der Waals surface area contributed by atoms with Crippen molar-refractivity contribution in [1.29, 1.82) is 0 Å². The van der Waals surface area contributed by atoms with Gasteiger partial charge in [0.15, 0.2) is 0 Å². The quantitative estimate of drug-likeness (QED) is 0.348. The van der Waals surface area contributed by atoms with Crippen molar-refractivity contribution in [3.63, 3.8) is 0 Å². The van der Waals surface area contributed by atoms with E-state index < -0.39 is 0 Å². The summed E-state index contributed by atoms with van der Waals surface area (Å²) < 4.78 is 0. The largest absolute Gasteiger partial charge is 0.352 e. The van der Waals surface area contributed by atoms with Gasteiger partial charge in [-0.25, -0.2) is 9.97 Å². The first-order valence-corrected chi connectivity index (χ1v) is 9.95. The second-order valence-electron chi connectivity index (χ2n) is 7.05. The van der Waals surface area contributed by atoms with Crippen LogP contribution in [0.5, 0.6) is 0 Å². The lowest BCUT2D eigenvalue weighted by molar-refractivity contribution is 0.0954. The number of amides is 1. The van der Waals surface area contributed by atoms with Crippen molar-refractivity contribution < 1.29 is 4.79 Å². The molecule has 0 aliphatic heterocycles. The molecule has 2 heterocycles. The number of aromatic nitrogens is 4. The predicted octanol–water partition coefficient (Wildman–Crippen LogP) is 3.97. The van der Waals surface area contributed by atoms with Crippen LogP contribution in [-0.2, 0) is 6.42 Å². The first-order chi connectivity index (χ1) is 15.2. The van der Waals surface area contributed by atoms with Crippen molar-refractivity contribution >= 4 is 29.0 Å². The first kappa shape index (κ1) is 20.1. The Labute approximate surface area is 180 Å². The fraction of sp³-hybridized carbons (Fsp3) is 0.130. The molecule has 2 aromatic heterocycles. The fourth-order valence-electron chi connectivity index (χ4n) is 3.06. The fourth-order valence-corrected chi connectivity index (χ4v) is 3.06. The molecule has 8 nitrogen and oxygen atoms in total. The number of rotatable bonds is 8. The molecule has 4 rings (SSSR count). The average Bonchev–Trinajstić information content (AvgIpc) is 3.28.